The van der Waals surface area contributed by atoms with E-state index in [0.29, 0.717) is 12.0 Å². The van der Waals surface area contributed by atoms with Crippen LogP contribution in [0.1, 0.15) is 35.1 Å². The van der Waals surface area contributed by atoms with Gasteiger partial charge in [0.05, 0.1) is 11.4 Å². The standard InChI is InChI=1S/C19H22N6S/c1-13-6-8-14(9-7-13)21-19-23-17(22-18(20)24-19)12-25-10-2-4-15(25)16-5-3-11-26-16/h3,5-9,11,15H,2,4,10,12H2,1H3,(H3,20,21,22,23,24)/p+1/t15-/m1/s1. The Hall–Kier alpha value is -2.51. The monoisotopic (exact) mass is 367 g/mol. The third-order valence-electron chi connectivity index (χ3n) is 4.76. The van der Waals surface area contributed by atoms with Crippen molar-refractivity contribution in [1.82, 2.24) is 15.0 Å². The number of aryl methyl sites for hydroxylation is 1. The minimum absolute atomic E-state index is 0.260. The first kappa shape index (κ1) is 16.9. The molecule has 134 valence electrons. The molecule has 0 spiro atoms. The fourth-order valence-corrected chi connectivity index (χ4v) is 4.42. The highest BCUT2D eigenvalue weighted by atomic mass is 32.1. The van der Waals surface area contributed by atoms with E-state index in [4.69, 9.17) is 5.73 Å². The molecule has 1 aliphatic rings. The number of thiophene rings is 1. The van der Waals surface area contributed by atoms with E-state index >= 15 is 0 Å². The Bertz CT molecular complexity index is 862. The highest BCUT2D eigenvalue weighted by molar-refractivity contribution is 7.10. The summed E-state index contributed by atoms with van der Waals surface area (Å²) < 4.78 is 0. The maximum atomic E-state index is 5.93. The lowest BCUT2D eigenvalue weighted by Crippen LogP contribution is -3.09. The average molecular weight is 368 g/mol. The minimum Gasteiger partial charge on any atom is -0.368 e. The van der Waals surface area contributed by atoms with Crippen LogP contribution in [0.15, 0.2) is 41.8 Å². The van der Waals surface area contributed by atoms with Crippen molar-refractivity contribution in [2.75, 3.05) is 17.6 Å². The lowest BCUT2D eigenvalue weighted by Gasteiger charge is -2.20. The van der Waals surface area contributed by atoms with Gasteiger partial charge in [0, 0.05) is 18.5 Å². The van der Waals surface area contributed by atoms with Crippen molar-refractivity contribution >= 4 is 28.9 Å². The largest absolute Gasteiger partial charge is 0.368 e. The Morgan fingerprint density at radius 2 is 2.04 bits per heavy atom. The molecule has 0 bridgehead atoms. The Balaban J connectivity index is 1.51. The van der Waals surface area contributed by atoms with Gasteiger partial charge < -0.3 is 16.0 Å². The van der Waals surface area contributed by atoms with Crippen molar-refractivity contribution < 1.29 is 4.90 Å². The molecule has 4 rings (SSSR count). The third kappa shape index (κ3) is 3.84. The number of hydrogen-bond donors (Lipinski definition) is 3. The van der Waals surface area contributed by atoms with E-state index in [1.54, 1.807) is 0 Å². The lowest BCUT2D eigenvalue weighted by molar-refractivity contribution is -0.932. The SMILES string of the molecule is Cc1ccc(Nc2nc(N)nc(C[NH+]3CCC[C@@H]3c3cccs3)n2)cc1. The summed E-state index contributed by atoms with van der Waals surface area (Å²) in [4.78, 5) is 16.1. The van der Waals surface area contributed by atoms with E-state index in [9.17, 15) is 0 Å². The first-order chi connectivity index (χ1) is 12.7. The molecule has 1 unspecified atom stereocenters. The molecule has 6 nitrogen and oxygen atoms in total. The van der Waals surface area contributed by atoms with E-state index in [-0.39, 0.29) is 5.95 Å². The van der Waals surface area contributed by atoms with Crippen LogP contribution in [0.4, 0.5) is 17.6 Å². The van der Waals surface area contributed by atoms with Crippen molar-refractivity contribution in [2.24, 2.45) is 0 Å². The van der Waals surface area contributed by atoms with Crippen molar-refractivity contribution in [3.05, 3.63) is 58.0 Å². The number of likely N-dealkylation sites (tertiary alicyclic amines) is 1. The molecule has 1 fully saturated rings. The molecule has 3 heterocycles. The van der Waals surface area contributed by atoms with Crippen molar-refractivity contribution in [1.29, 1.82) is 0 Å². The maximum absolute atomic E-state index is 5.93. The molecule has 1 aliphatic heterocycles. The third-order valence-corrected chi connectivity index (χ3v) is 5.75. The van der Waals surface area contributed by atoms with Gasteiger partial charge in [0.15, 0.2) is 5.82 Å². The van der Waals surface area contributed by atoms with Crippen LogP contribution in [-0.4, -0.2) is 21.5 Å². The summed E-state index contributed by atoms with van der Waals surface area (Å²) in [5, 5.41) is 5.38. The van der Waals surface area contributed by atoms with Gasteiger partial charge in [0.25, 0.3) is 0 Å². The second kappa shape index (κ2) is 7.39. The van der Waals surface area contributed by atoms with Crippen LogP contribution in [-0.2, 0) is 6.54 Å². The quantitative estimate of drug-likeness (QED) is 0.645. The Morgan fingerprint density at radius 1 is 1.19 bits per heavy atom. The highest BCUT2D eigenvalue weighted by Gasteiger charge is 2.31. The number of nitrogens with zero attached hydrogens (tertiary/aromatic N) is 3. The topological polar surface area (TPSA) is 81.2 Å². The summed E-state index contributed by atoms with van der Waals surface area (Å²) in [7, 11) is 0. The Morgan fingerprint density at radius 3 is 2.81 bits per heavy atom. The lowest BCUT2D eigenvalue weighted by atomic mass is 10.2. The predicted molar refractivity (Wildman–Crippen MR) is 105 cm³/mol. The van der Waals surface area contributed by atoms with E-state index in [1.165, 1.54) is 28.2 Å². The maximum Gasteiger partial charge on any atom is 0.232 e. The van der Waals surface area contributed by atoms with E-state index < -0.39 is 0 Å². The Kier molecular flexibility index (Phi) is 4.81. The molecule has 26 heavy (non-hydrogen) atoms. The second-order valence-corrected chi connectivity index (χ2v) is 7.70. The predicted octanol–water partition coefficient (Wildman–Crippen LogP) is 2.49. The first-order valence-corrected chi connectivity index (χ1v) is 9.77. The van der Waals surface area contributed by atoms with E-state index in [0.717, 1.165) is 24.6 Å². The van der Waals surface area contributed by atoms with Crippen molar-refractivity contribution in [2.45, 2.75) is 32.4 Å². The molecular weight excluding hydrogens is 344 g/mol. The van der Waals surface area contributed by atoms with Gasteiger partial charge in [0.2, 0.25) is 11.9 Å². The molecule has 0 saturated carbocycles. The van der Waals surface area contributed by atoms with Crippen LogP contribution in [0, 0.1) is 6.92 Å². The zero-order valence-corrected chi connectivity index (χ0v) is 15.6. The molecule has 1 aromatic carbocycles. The molecule has 0 radical (unpaired) electrons. The molecule has 2 aromatic heterocycles. The number of nitrogen functional groups attached to an aromatic ring is 1. The molecule has 0 aliphatic carbocycles. The van der Waals surface area contributed by atoms with Crippen LogP contribution >= 0.6 is 11.3 Å². The second-order valence-electron chi connectivity index (χ2n) is 6.72. The number of nitrogens with two attached hydrogens (primary N) is 1. The van der Waals surface area contributed by atoms with Gasteiger partial charge in [-0.25, -0.2) is 0 Å². The minimum atomic E-state index is 0.260. The summed E-state index contributed by atoms with van der Waals surface area (Å²) in [6, 6.07) is 13.0. The zero-order valence-electron chi connectivity index (χ0n) is 14.8. The molecule has 4 N–H and O–H groups in total. The number of quaternary nitrogens is 1. The van der Waals surface area contributed by atoms with Crippen molar-refractivity contribution in [3.63, 3.8) is 0 Å². The molecule has 0 amide bonds. The number of rotatable bonds is 5. The van der Waals surface area contributed by atoms with Crippen LogP contribution in [0.3, 0.4) is 0 Å². The van der Waals surface area contributed by atoms with Crippen molar-refractivity contribution in [3.8, 4) is 0 Å². The summed E-state index contributed by atoms with van der Waals surface area (Å²) in [6.07, 6.45) is 2.44. The summed E-state index contributed by atoms with van der Waals surface area (Å²) in [5.41, 5.74) is 8.08. The molecule has 7 heteroatoms. The smallest absolute Gasteiger partial charge is 0.232 e. The van der Waals surface area contributed by atoms with Gasteiger partial charge >= 0.3 is 0 Å². The van der Waals surface area contributed by atoms with Gasteiger partial charge in [-0.1, -0.05) is 23.8 Å². The van der Waals surface area contributed by atoms with Crippen LogP contribution in [0.5, 0.6) is 0 Å². The summed E-state index contributed by atoms with van der Waals surface area (Å²) in [6.45, 7) is 3.96. The van der Waals surface area contributed by atoms with E-state index in [1.807, 2.05) is 35.6 Å². The first-order valence-electron chi connectivity index (χ1n) is 8.89. The van der Waals surface area contributed by atoms with Gasteiger partial charge in [-0.05, 0) is 30.5 Å². The van der Waals surface area contributed by atoms with Crippen LogP contribution in [0.25, 0.3) is 0 Å². The summed E-state index contributed by atoms with van der Waals surface area (Å²) in [5.74, 6) is 1.50. The van der Waals surface area contributed by atoms with Crippen LogP contribution < -0.4 is 16.0 Å². The molecule has 1 saturated heterocycles. The fourth-order valence-electron chi connectivity index (χ4n) is 3.50. The van der Waals surface area contributed by atoms with Gasteiger partial charge in [0.1, 0.15) is 12.6 Å². The normalized spacial score (nSPS) is 19.6. The van der Waals surface area contributed by atoms with Gasteiger partial charge in [-0.15, -0.1) is 11.3 Å². The summed E-state index contributed by atoms with van der Waals surface area (Å²) >= 11 is 1.83. The Labute approximate surface area is 157 Å². The van der Waals surface area contributed by atoms with Crippen LogP contribution in [0.2, 0.25) is 0 Å². The highest BCUT2D eigenvalue weighted by Crippen LogP contribution is 2.23. The van der Waals surface area contributed by atoms with Gasteiger partial charge in [-0.2, -0.15) is 15.0 Å². The molecule has 2 atom stereocenters. The average Bonchev–Trinajstić information content (AvgIpc) is 3.27. The van der Waals surface area contributed by atoms with Gasteiger partial charge in [-0.3, -0.25) is 0 Å². The molecular formula is C19H23N6S+. The number of nitrogens with one attached hydrogen (secondary N) is 2. The fraction of sp³-hybridized carbons (Fsp3) is 0.316. The number of benzene rings is 1. The van der Waals surface area contributed by atoms with E-state index in [2.05, 4.69) is 44.7 Å². The number of anilines is 3. The molecule has 3 aromatic rings. The zero-order chi connectivity index (χ0) is 17.9. The number of hydrogen-bond acceptors (Lipinski definition) is 6. The number of aromatic nitrogens is 3.